The smallest absolute Gasteiger partial charge is 0.859 e. The molecule has 2 nitrogen and oxygen atoms in total. The van der Waals surface area contributed by atoms with E-state index in [1.807, 2.05) is 24.3 Å². The third-order valence-electron chi connectivity index (χ3n) is 1.57. The van der Waals surface area contributed by atoms with Crippen molar-refractivity contribution in [2.75, 3.05) is 0 Å². The summed E-state index contributed by atoms with van der Waals surface area (Å²) in [5, 5.41) is 11.8. The summed E-state index contributed by atoms with van der Waals surface area (Å²) in [6.07, 6.45) is 0. The van der Waals surface area contributed by atoms with E-state index in [1.165, 1.54) is 6.07 Å². The first-order valence-corrected chi connectivity index (χ1v) is 3.39. The Balaban J connectivity index is 0.000000720. The number of benzene rings is 1. The fraction of sp³-hybridized carbons (Fsp3) is 0. The van der Waals surface area contributed by atoms with E-state index in [4.69, 9.17) is 0 Å². The zero-order valence-electron chi connectivity index (χ0n) is 6.82. The summed E-state index contributed by atoms with van der Waals surface area (Å²) < 4.78 is 0. The van der Waals surface area contributed by atoms with Gasteiger partial charge in [-0.3, -0.25) is 4.98 Å². The van der Waals surface area contributed by atoms with E-state index in [-0.39, 0.29) is 74.8 Å². The minimum Gasteiger partial charge on any atom is -0.859 e. The molecule has 1 heterocycles. The van der Waals surface area contributed by atoms with Crippen LogP contribution in [0.25, 0.3) is 10.9 Å². The summed E-state index contributed by atoms with van der Waals surface area (Å²) in [4.78, 5) is 3.82. The molecule has 0 atom stereocenters. The third kappa shape index (κ3) is 2.25. The summed E-state index contributed by atoms with van der Waals surface area (Å²) >= 11 is 0. The molecule has 0 bridgehead atoms. The molecule has 0 saturated carbocycles. The van der Waals surface area contributed by atoms with Gasteiger partial charge in [0.25, 0.3) is 0 Å². The van der Waals surface area contributed by atoms with E-state index in [1.54, 1.807) is 6.07 Å². The van der Waals surface area contributed by atoms with Crippen molar-refractivity contribution in [1.82, 2.24) is 4.98 Å². The van der Waals surface area contributed by atoms with E-state index >= 15 is 0 Å². The van der Waals surface area contributed by atoms with E-state index in [0.717, 1.165) is 10.9 Å². The molecule has 2 aromatic rings. The van der Waals surface area contributed by atoms with Crippen molar-refractivity contribution in [1.29, 1.82) is 0 Å². The van der Waals surface area contributed by atoms with Gasteiger partial charge in [-0.2, -0.15) is 0 Å². The number of para-hydroxylation sites is 1. The molecule has 3 heteroatoms. The van der Waals surface area contributed by atoms with Crippen LogP contribution in [0.4, 0.5) is 0 Å². The quantitative estimate of drug-likeness (QED) is 0.576. The third-order valence-corrected chi connectivity index (χ3v) is 1.57. The van der Waals surface area contributed by atoms with E-state index in [0.29, 0.717) is 0 Å². The first-order chi connectivity index (χ1) is 5.36. The van der Waals surface area contributed by atoms with Gasteiger partial charge < -0.3 is 5.11 Å². The van der Waals surface area contributed by atoms with Crippen molar-refractivity contribution >= 4 is 10.9 Å². The van der Waals surface area contributed by atoms with Gasteiger partial charge >= 0.3 is 68.9 Å². The fourth-order valence-electron chi connectivity index (χ4n) is 1.05. The molecule has 0 aliphatic carbocycles. The Morgan fingerprint density at radius 2 is 1.75 bits per heavy atom. The zero-order valence-corrected chi connectivity index (χ0v) is 13.1. The predicted molar refractivity (Wildman–Crippen MR) is 41.2 cm³/mol. The second-order valence-electron chi connectivity index (χ2n) is 2.34. The Labute approximate surface area is 129 Å². The van der Waals surface area contributed by atoms with Gasteiger partial charge in [-0.05, 0) is 11.9 Å². The van der Waals surface area contributed by atoms with Gasteiger partial charge in [0.2, 0.25) is 0 Å². The Morgan fingerprint density at radius 1 is 1.00 bits per heavy atom. The largest absolute Gasteiger partial charge is 1.00 e. The Morgan fingerprint density at radius 3 is 2.58 bits per heavy atom. The van der Waals surface area contributed by atoms with Gasteiger partial charge in [0, 0.05) is 5.39 Å². The van der Waals surface area contributed by atoms with Gasteiger partial charge in [-0.25, -0.2) is 0 Å². The molecule has 0 aliphatic rings. The van der Waals surface area contributed by atoms with E-state index in [2.05, 4.69) is 4.98 Å². The van der Waals surface area contributed by atoms with Crippen LogP contribution in [0.1, 0.15) is 0 Å². The molecule has 12 heavy (non-hydrogen) atoms. The molecule has 0 saturated heterocycles. The van der Waals surface area contributed by atoms with Gasteiger partial charge in [-0.15, -0.1) is 0 Å². The standard InChI is InChI=1S/C9H7NO.Cs/c11-9-6-5-7-3-1-2-4-8(7)10-9;/h1-6H,(H,10,11);/q;+1/p-1. The van der Waals surface area contributed by atoms with Crippen molar-refractivity contribution in [3.8, 4) is 5.88 Å². The van der Waals surface area contributed by atoms with Crippen LogP contribution in [0.15, 0.2) is 36.4 Å². The number of hydrogen-bond acceptors (Lipinski definition) is 2. The molecule has 0 radical (unpaired) electrons. The SMILES string of the molecule is [Cs+].[O-]c1ccc2ccccc2n1. The number of hydrogen-bond donors (Lipinski definition) is 0. The summed E-state index contributed by atoms with van der Waals surface area (Å²) in [5.74, 6) is -0.177. The van der Waals surface area contributed by atoms with Gasteiger partial charge in [0.1, 0.15) is 0 Å². The zero-order chi connectivity index (χ0) is 7.68. The molecular weight excluding hydrogens is 271 g/mol. The fourth-order valence-corrected chi connectivity index (χ4v) is 1.05. The minimum atomic E-state index is -0.177. The van der Waals surface area contributed by atoms with Crippen LogP contribution in [-0.2, 0) is 0 Å². The number of nitrogens with zero attached hydrogens (tertiary/aromatic N) is 1. The van der Waals surface area contributed by atoms with Crippen LogP contribution in [0.2, 0.25) is 0 Å². The van der Waals surface area contributed by atoms with Crippen LogP contribution < -0.4 is 74.0 Å². The molecule has 0 amide bonds. The summed E-state index contributed by atoms with van der Waals surface area (Å²) in [6, 6.07) is 10.8. The van der Waals surface area contributed by atoms with E-state index < -0.39 is 0 Å². The maximum atomic E-state index is 10.8. The van der Waals surface area contributed by atoms with Crippen molar-refractivity contribution in [3.63, 3.8) is 0 Å². The van der Waals surface area contributed by atoms with Crippen LogP contribution in [0, 0.1) is 0 Å². The van der Waals surface area contributed by atoms with Crippen LogP contribution in [-0.4, -0.2) is 4.98 Å². The van der Waals surface area contributed by atoms with Gasteiger partial charge in [0.15, 0.2) is 0 Å². The molecule has 1 aromatic heterocycles. The molecule has 0 N–H and O–H groups in total. The molecule has 0 fully saturated rings. The van der Waals surface area contributed by atoms with Crippen LogP contribution in [0.3, 0.4) is 0 Å². The second-order valence-corrected chi connectivity index (χ2v) is 2.34. The average molecular weight is 277 g/mol. The van der Waals surface area contributed by atoms with Gasteiger partial charge in [-0.1, -0.05) is 30.3 Å². The maximum Gasteiger partial charge on any atom is 1.00 e. The van der Waals surface area contributed by atoms with Crippen molar-refractivity contribution in [2.24, 2.45) is 0 Å². The monoisotopic (exact) mass is 277 g/mol. The number of pyridine rings is 1. The predicted octanol–water partition coefficient (Wildman–Crippen LogP) is -1.69. The molecule has 0 spiro atoms. The molecule has 1 aromatic carbocycles. The molecule has 54 valence electrons. The molecule has 0 aliphatic heterocycles. The first-order valence-electron chi connectivity index (χ1n) is 3.39. The summed E-state index contributed by atoms with van der Waals surface area (Å²) in [5.41, 5.74) is 0.764. The Hall–Kier alpha value is 0.482. The summed E-state index contributed by atoms with van der Waals surface area (Å²) in [7, 11) is 0. The molecule has 2 rings (SSSR count). The number of aromatic nitrogens is 1. The van der Waals surface area contributed by atoms with Crippen LogP contribution >= 0.6 is 0 Å². The number of fused-ring (bicyclic) bond motifs is 1. The van der Waals surface area contributed by atoms with Crippen LogP contribution in [0.5, 0.6) is 5.88 Å². The normalized spacial score (nSPS) is 9.33. The molecule has 0 unspecified atom stereocenters. The van der Waals surface area contributed by atoms with Crippen molar-refractivity contribution < 1.29 is 74.0 Å². The maximum absolute atomic E-state index is 10.8. The van der Waals surface area contributed by atoms with Crippen molar-refractivity contribution in [3.05, 3.63) is 36.4 Å². The Kier molecular flexibility index (Phi) is 4.09. The second kappa shape index (κ2) is 4.64. The van der Waals surface area contributed by atoms with Gasteiger partial charge in [0.05, 0.1) is 5.52 Å². The summed E-state index contributed by atoms with van der Waals surface area (Å²) in [6.45, 7) is 0. The van der Waals surface area contributed by atoms with Crippen molar-refractivity contribution in [2.45, 2.75) is 0 Å². The molecular formula is C9H6CsNO. The first kappa shape index (κ1) is 10.6. The topological polar surface area (TPSA) is 36.0 Å². The Bertz CT molecular complexity index is 389. The van der Waals surface area contributed by atoms with E-state index in [9.17, 15) is 5.11 Å². The average Bonchev–Trinajstić information content (AvgIpc) is 2.04. The number of rotatable bonds is 0. The minimum absolute atomic E-state index is 0.